The summed E-state index contributed by atoms with van der Waals surface area (Å²) >= 11 is 6.54. The predicted molar refractivity (Wildman–Crippen MR) is 177 cm³/mol. The Hall–Kier alpha value is -1.97. The fraction of sp³-hybridized carbons (Fsp3) is 0.667. The Kier molecular flexibility index (Phi) is 11.4. The predicted octanol–water partition coefficient (Wildman–Crippen LogP) is 3.29. The lowest BCUT2D eigenvalue weighted by Gasteiger charge is -2.38. The molecular weight excluding hydrogens is 596 g/mol. The number of aliphatic hydroxyl groups is 1. The van der Waals surface area contributed by atoms with Crippen LogP contribution in [0.15, 0.2) is 18.2 Å². The molecule has 3 aliphatic heterocycles. The molecule has 0 unspecified atom stereocenters. The summed E-state index contributed by atoms with van der Waals surface area (Å²) < 4.78 is 28.4. The number of aromatic nitrogens is 2. The summed E-state index contributed by atoms with van der Waals surface area (Å²) in [6.45, 7) is 12.8. The van der Waals surface area contributed by atoms with Crippen LogP contribution in [0.1, 0.15) is 56.4 Å². The van der Waals surface area contributed by atoms with Gasteiger partial charge in [0.25, 0.3) is 0 Å². The number of likely N-dealkylation sites (tertiary alicyclic amines) is 1. The monoisotopic (exact) mass is 644 g/mol. The van der Waals surface area contributed by atoms with Gasteiger partial charge in [-0.1, -0.05) is 43.4 Å². The molecule has 2 saturated heterocycles. The summed E-state index contributed by atoms with van der Waals surface area (Å²) in [6.07, 6.45) is 6.22. The Balaban J connectivity index is 1.33. The minimum absolute atomic E-state index is 0.259. The molecule has 2 N–H and O–H groups in total. The number of β-amino-alcohol motifs (C(OH)–C–C–N with tert-alkyl or cyclic N) is 1. The van der Waals surface area contributed by atoms with E-state index in [2.05, 4.69) is 40.8 Å². The number of nitrogens with one attached hydrogen (secondary N) is 1. The zero-order valence-electron chi connectivity index (χ0n) is 26.6. The van der Waals surface area contributed by atoms with Gasteiger partial charge in [-0.05, 0) is 88.9 Å². The van der Waals surface area contributed by atoms with Crippen molar-refractivity contribution in [1.29, 1.82) is 0 Å². The average Bonchev–Trinajstić information content (AvgIpc) is 3.38. The molecule has 1 aromatic carbocycles. The van der Waals surface area contributed by atoms with E-state index >= 15 is 0 Å². The second-order valence-electron chi connectivity index (χ2n) is 12.6. The SMILES string of the molecule is CCN(CC)CC#Cc1cc(-c2nn(C[C@@H](O)CN3CCC(C4CCNCC4)CC3)c3c2CN(S(C)(=O)=O)CC3)ccc1Cl. The van der Waals surface area contributed by atoms with Crippen LogP contribution in [0.5, 0.6) is 0 Å². The van der Waals surface area contributed by atoms with Gasteiger partial charge in [-0.15, -0.1) is 0 Å². The van der Waals surface area contributed by atoms with Crippen LogP contribution in [0.25, 0.3) is 11.3 Å². The first-order valence-corrected chi connectivity index (χ1v) is 18.5. The smallest absolute Gasteiger partial charge is 0.211 e. The standard InChI is InChI=1S/C33H49ClN6O3S/c1-4-37(5-2)17-6-7-27-21-28(8-9-31(27)34)33-30-24-39(44(3,42)43)20-14-32(30)40(36-33)23-29(41)22-38-18-12-26(13-19-38)25-10-15-35-16-11-25/h8-9,21,25-26,29,35,41H,4-5,10-20,22-24H2,1-3H3/t29-/m0/s1. The number of benzene rings is 1. The van der Waals surface area contributed by atoms with Gasteiger partial charge in [-0.2, -0.15) is 9.40 Å². The molecule has 0 spiro atoms. The van der Waals surface area contributed by atoms with Gasteiger partial charge in [0.15, 0.2) is 0 Å². The van der Waals surface area contributed by atoms with Crippen molar-refractivity contribution in [3.8, 4) is 23.1 Å². The van der Waals surface area contributed by atoms with Crippen LogP contribution >= 0.6 is 11.6 Å². The van der Waals surface area contributed by atoms with Crippen molar-refractivity contribution in [2.45, 2.75) is 65.1 Å². The van der Waals surface area contributed by atoms with Gasteiger partial charge in [0.2, 0.25) is 10.0 Å². The summed E-state index contributed by atoms with van der Waals surface area (Å²) in [5.41, 5.74) is 4.19. The summed E-state index contributed by atoms with van der Waals surface area (Å²) in [4.78, 5) is 4.64. The molecule has 0 aliphatic carbocycles. The molecule has 0 saturated carbocycles. The maximum atomic E-state index is 12.5. The lowest BCUT2D eigenvalue weighted by Crippen LogP contribution is -2.43. The molecule has 0 amide bonds. The van der Waals surface area contributed by atoms with Gasteiger partial charge in [-0.3, -0.25) is 9.58 Å². The van der Waals surface area contributed by atoms with Gasteiger partial charge >= 0.3 is 0 Å². The third-order valence-corrected chi connectivity index (χ3v) is 11.3. The zero-order chi connectivity index (χ0) is 31.3. The van der Waals surface area contributed by atoms with Gasteiger partial charge in [0.05, 0.1) is 36.2 Å². The molecule has 9 nitrogen and oxygen atoms in total. The Labute approximate surface area is 269 Å². The molecule has 242 valence electrons. The number of rotatable bonds is 10. The number of nitrogens with zero attached hydrogens (tertiary/aromatic N) is 5. The quantitative estimate of drug-likeness (QED) is 0.384. The van der Waals surface area contributed by atoms with Crippen molar-refractivity contribution in [2.24, 2.45) is 11.8 Å². The number of fused-ring (bicyclic) bond motifs is 1. The van der Waals surface area contributed by atoms with E-state index in [0.717, 1.165) is 79.2 Å². The van der Waals surface area contributed by atoms with E-state index in [1.807, 2.05) is 22.9 Å². The maximum absolute atomic E-state index is 12.5. The van der Waals surface area contributed by atoms with E-state index in [1.165, 1.54) is 36.2 Å². The van der Waals surface area contributed by atoms with E-state index in [-0.39, 0.29) is 6.54 Å². The van der Waals surface area contributed by atoms with Gasteiger partial charge < -0.3 is 15.3 Å². The number of sulfonamides is 1. The molecule has 0 radical (unpaired) electrons. The Morgan fingerprint density at radius 1 is 1.09 bits per heavy atom. The van der Waals surface area contributed by atoms with Crippen molar-refractivity contribution in [3.63, 3.8) is 0 Å². The first kappa shape index (κ1) is 33.4. The summed E-state index contributed by atoms with van der Waals surface area (Å²) in [7, 11) is -3.36. The molecule has 4 heterocycles. The fourth-order valence-electron chi connectivity index (χ4n) is 7.07. The highest BCUT2D eigenvalue weighted by Gasteiger charge is 2.32. The minimum atomic E-state index is -3.36. The topological polar surface area (TPSA) is 93.9 Å². The zero-order valence-corrected chi connectivity index (χ0v) is 28.1. The molecule has 2 fully saturated rings. The molecule has 2 aromatic rings. The summed E-state index contributed by atoms with van der Waals surface area (Å²) in [6, 6.07) is 5.71. The van der Waals surface area contributed by atoms with Crippen LogP contribution in [-0.4, -0.2) is 109 Å². The third kappa shape index (κ3) is 8.24. The maximum Gasteiger partial charge on any atom is 0.211 e. The molecule has 5 rings (SSSR count). The summed E-state index contributed by atoms with van der Waals surface area (Å²) in [5, 5.41) is 20.3. The van der Waals surface area contributed by atoms with Gasteiger partial charge in [0, 0.05) is 48.4 Å². The molecule has 1 atom stereocenters. The van der Waals surface area contributed by atoms with Crippen molar-refractivity contribution in [1.82, 2.24) is 29.2 Å². The van der Waals surface area contributed by atoms with E-state index in [0.29, 0.717) is 37.6 Å². The summed E-state index contributed by atoms with van der Waals surface area (Å²) in [5.74, 6) is 8.11. The number of hydrogen-bond donors (Lipinski definition) is 2. The van der Waals surface area contributed by atoms with Gasteiger partial charge in [0.1, 0.15) is 0 Å². The average molecular weight is 645 g/mol. The van der Waals surface area contributed by atoms with E-state index in [4.69, 9.17) is 16.7 Å². The number of halogens is 1. The largest absolute Gasteiger partial charge is 0.390 e. The molecule has 44 heavy (non-hydrogen) atoms. The molecular formula is C33H49ClN6O3S. The number of piperidine rings is 2. The Morgan fingerprint density at radius 2 is 1.80 bits per heavy atom. The molecule has 3 aliphatic rings. The number of hydrogen-bond acceptors (Lipinski definition) is 7. The van der Waals surface area contributed by atoms with Crippen LogP contribution < -0.4 is 5.32 Å². The van der Waals surface area contributed by atoms with Crippen LogP contribution in [0.3, 0.4) is 0 Å². The normalized spacial score (nSPS) is 20.0. The second kappa shape index (κ2) is 15.1. The van der Waals surface area contributed by atoms with Crippen molar-refractivity contribution >= 4 is 21.6 Å². The van der Waals surface area contributed by atoms with E-state index < -0.39 is 16.1 Å². The minimum Gasteiger partial charge on any atom is -0.390 e. The van der Waals surface area contributed by atoms with Crippen molar-refractivity contribution < 1.29 is 13.5 Å². The third-order valence-electron chi connectivity index (χ3n) is 9.76. The lowest BCUT2D eigenvalue weighted by atomic mass is 9.79. The highest BCUT2D eigenvalue weighted by atomic mass is 35.5. The van der Waals surface area contributed by atoms with E-state index in [9.17, 15) is 13.5 Å². The van der Waals surface area contributed by atoms with Crippen molar-refractivity contribution in [3.05, 3.63) is 40.0 Å². The van der Waals surface area contributed by atoms with E-state index in [1.54, 1.807) is 0 Å². The Bertz CT molecular complexity index is 1430. The van der Waals surface area contributed by atoms with Gasteiger partial charge in [-0.25, -0.2) is 8.42 Å². The lowest BCUT2D eigenvalue weighted by molar-refractivity contribution is 0.0631. The molecule has 1 aromatic heterocycles. The van der Waals surface area contributed by atoms with Crippen LogP contribution in [0.4, 0.5) is 0 Å². The number of aliphatic hydroxyl groups excluding tert-OH is 1. The second-order valence-corrected chi connectivity index (χ2v) is 15.0. The van der Waals surface area contributed by atoms with Crippen molar-refractivity contribution in [2.75, 3.05) is 65.2 Å². The van der Waals surface area contributed by atoms with Crippen LogP contribution in [-0.2, 0) is 29.5 Å². The van der Waals surface area contributed by atoms with Crippen LogP contribution in [0.2, 0.25) is 5.02 Å². The fourth-order valence-corrected chi connectivity index (χ4v) is 8.02. The highest BCUT2D eigenvalue weighted by molar-refractivity contribution is 7.88. The first-order valence-electron chi connectivity index (χ1n) is 16.3. The highest BCUT2D eigenvalue weighted by Crippen LogP contribution is 2.34. The molecule has 0 bridgehead atoms. The molecule has 11 heteroatoms. The Morgan fingerprint density at radius 3 is 2.48 bits per heavy atom. The van der Waals surface area contributed by atoms with Crippen LogP contribution in [0, 0.1) is 23.7 Å². The first-order chi connectivity index (χ1) is 21.2.